The summed E-state index contributed by atoms with van der Waals surface area (Å²) in [6.45, 7) is 0. The van der Waals surface area contributed by atoms with E-state index in [1.54, 1.807) is 0 Å². The maximum Gasteiger partial charge on any atom is 0.162 e. The van der Waals surface area contributed by atoms with Crippen LogP contribution in [0.3, 0.4) is 0 Å². The van der Waals surface area contributed by atoms with E-state index < -0.39 is 0 Å². The number of fused-ring (bicyclic) bond motifs is 5. The molecule has 0 aliphatic carbocycles. The Morgan fingerprint density at radius 2 is 0.936 bits per heavy atom. The van der Waals surface area contributed by atoms with Crippen LogP contribution in [0, 0.1) is 0 Å². The first kappa shape index (κ1) is 27.0. The zero-order chi connectivity index (χ0) is 31.2. The molecule has 0 saturated carbocycles. The molecule has 0 aliphatic rings. The molecule has 47 heavy (non-hydrogen) atoms. The van der Waals surface area contributed by atoms with Crippen LogP contribution in [-0.4, -0.2) is 15.0 Å². The predicted octanol–water partition coefficient (Wildman–Crippen LogP) is 11.3. The lowest BCUT2D eigenvalue weighted by Gasteiger charge is -2.11. The molecule has 3 aromatic heterocycles. The van der Waals surface area contributed by atoms with Gasteiger partial charge in [-0.05, 0) is 29.3 Å². The molecule has 9 rings (SSSR count). The van der Waals surface area contributed by atoms with E-state index in [1.165, 1.54) is 0 Å². The lowest BCUT2D eigenvalue weighted by Crippen LogP contribution is -1.96. The summed E-state index contributed by atoms with van der Waals surface area (Å²) < 4.78 is 6.41. The molecule has 0 amide bonds. The molecule has 0 aliphatic heterocycles. The Bertz CT molecular complexity index is 2480. The minimum atomic E-state index is 0.693. The smallest absolute Gasteiger partial charge is 0.162 e. The normalized spacial score (nSPS) is 11.4. The van der Waals surface area contributed by atoms with Crippen LogP contribution in [0.4, 0.5) is 0 Å². The second-order valence-corrected chi connectivity index (χ2v) is 11.6. The molecule has 0 spiro atoms. The lowest BCUT2D eigenvalue weighted by molar-refractivity contribution is 0.669. The van der Waals surface area contributed by atoms with Crippen LogP contribution in [0.1, 0.15) is 0 Å². The Balaban J connectivity index is 1.15. The highest BCUT2D eigenvalue weighted by Gasteiger charge is 2.18. The van der Waals surface area contributed by atoms with Crippen LogP contribution in [0.5, 0.6) is 0 Å². The largest absolute Gasteiger partial charge is 0.454 e. The lowest BCUT2D eigenvalue weighted by atomic mass is 9.98. The molecule has 0 atom stereocenters. The molecule has 220 valence electrons. The molecule has 4 nitrogen and oxygen atoms in total. The van der Waals surface area contributed by atoms with E-state index in [-0.39, 0.29) is 0 Å². The van der Waals surface area contributed by atoms with Crippen molar-refractivity contribution in [1.29, 1.82) is 0 Å². The third-order valence-electron chi connectivity index (χ3n) is 8.70. The summed E-state index contributed by atoms with van der Waals surface area (Å²) in [6.07, 6.45) is 0. The van der Waals surface area contributed by atoms with Gasteiger partial charge in [-0.3, -0.25) is 0 Å². The molecule has 0 fully saturated rings. The molecule has 0 bridgehead atoms. The van der Waals surface area contributed by atoms with Gasteiger partial charge in [0.05, 0.1) is 16.9 Å². The first-order valence-electron chi connectivity index (χ1n) is 15.7. The molecular formula is C43H27N3O. The van der Waals surface area contributed by atoms with Gasteiger partial charge in [0, 0.05) is 38.4 Å². The average molecular weight is 602 g/mol. The topological polar surface area (TPSA) is 51.8 Å². The number of hydrogen-bond acceptors (Lipinski definition) is 4. The van der Waals surface area contributed by atoms with E-state index in [2.05, 4.69) is 97.1 Å². The number of nitrogens with zero attached hydrogens (tertiary/aromatic N) is 3. The quantitative estimate of drug-likeness (QED) is 0.197. The fourth-order valence-corrected chi connectivity index (χ4v) is 6.36. The Morgan fingerprint density at radius 1 is 0.383 bits per heavy atom. The molecule has 3 heterocycles. The van der Waals surface area contributed by atoms with E-state index in [0.29, 0.717) is 5.82 Å². The minimum Gasteiger partial charge on any atom is -0.454 e. The van der Waals surface area contributed by atoms with Gasteiger partial charge in [0.15, 0.2) is 11.4 Å². The van der Waals surface area contributed by atoms with E-state index in [0.717, 1.165) is 83.3 Å². The van der Waals surface area contributed by atoms with Gasteiger partial charge in [-0.1, -0.05) is 146 Å². The van der Waals surface area contributed by atoms with Crippen LogP contribution in [0.25, 0.3) is 89.1 Å². The van der Waals surface area contributed by atoms with E-state index in [4.69, 9.17) is 19.4 Å². The number of para-hydroxylation sites is 1. The number of aromatic nitrogens is 3. The number of benzene rings is 6. The fourth-order valence-electron chi connectivity index (χ4n) is 6.36. The number of furan rings is 1. The van der Waals surface area contributed by atoms with Crippen molar-refractivity contribution in [2.24, 2.45) is 0 Å². The van der Waals surface area contributed by atoms with Crippen molar-refractivity contribution in [3.63, 3.8) is 0 Å². The van der Waals surface area contributed by atoms with E-state index in [1.807, 2.05) is 66.7 Å². The van der Waals surface area contributed by atoms with Crippen molar-refractivity contribution in [3.05, 3.63) is 164 Å². The van der Waals surface area contributed by atoms with Crippen LogP contribution >= 0.6 is 0 Å². The molecule has 0 unspecified atom stereocenters. The molecule has 0 N–H and O–H groups in total. The van der Waals surface area contributed by atoms with Crippen molar-refractivity contribution in [3.8, 4) is 56.3 Å². The SMILES string of the molecule is c1ccc(-c2cc(-c3ccccc3)nc(-c3ccc(-c4ccc5c(c4)nc(-c4ccccc4)c4oc6ccccc6c45)cc3)n2)cc1. The van der Waals surface area contributed by atoms with Gasteiger partial charge in [-0.15, -0.1) is 0 Å². The molecule has 0 radical (unpaired) electrons. The van der Waals surface area contributed by atoms with Crippen molar-refractivity contribution in [2.45, 2.75) is 0 Å². The Morgan fingerprint density at radius 3 is 1.60 bits per heavy atom. The zero-order valence-corrected chi connectivity index (χ0v) is 25.3. The van der Waals surface area contributed by atoms with Crippen LogP contribution in [0.15, 0.2) is 168 Å². The third-order valence-corrected chi connectivity index (χ3v) is 8.70. The van der Waals surface area contributed by atoms with Gasteiger partial charge in [0.2, 0.25) is 0 Å². The van der Waals surface area contributed by atoms with Gasteiger partial charge in [-0.2, -0.15) is 0 Å². The first-order chi connectivity index (χ1) is 23.3. The summed E-state index contributed by atoms with van der Waals surface area (Å²) in [4.78, 5) is 15.2. The van der Waals surface area contributed by atoms with Crippen LogP contribution in [-0.2, 0) is 0 Å². The second kappa shape index (κ2) is 11.2. The maximum absolute atomic E-state index is 6.41. The maximum atomic E-state index is 6.41. The standard InChI is InChI=1S/C43H27N3O/c1-4-12-29(13-5-1)36-27-37(30-14-6-2-7-15-30)46-43(45-36)32-22-20-28(21-23-32)33-24-25-34-38(26-33)44-41(31-16-8-3-9-17-31)42-40(34)35-18-10-11-19-39(35)47-42/h1-27H. The number of pyridine rings is 1. The molecule has 6 aromatic carbocycles. The van der Waals surface area contributed by atoms with Crippen LogP contribution in [0.2, 0.25) is 0 Å². The molecular weight excluding hydrogens is 574 g/mol. The van der Waals surface area contributed by atoms with Gasteiger partial charge < -0.3 is 4.42 Å². The monoisotopic (exact) mass is 601 g/mol. The van der Waals surface area contributed by atoms with Gasteiger partial charge in [0.25, 0.3) is 0 Å². The van der Waals surface area contributed by atoms with Crippen molar-refractivity contribution in [1.82, 2.24) is 15.0 Å². The summed E-state index contributed by atoms with van der Waals surface area (Å²) in [5.74, 6) is 0.693. The van der Waals surface area contributed by atoms with Gasteiger partial charge >= 0.3 is 0 Å². The fraction of sp³-hybridized carbons (Fsp3) is 0. The van der Waals surface area contributed by atoms with Gasteiger partial charge in [0.1, 0.15) is 11.3 Å². The molecule has 4 heteroatoms. The third kappa shape index (κ3) is 4.84. The number of rotatable bonds is 5. The highest BCUT2D eigenvalue weighted by Crippen LogP contribution is 2.40. The summed E-state index contributed by atoms with van der Waals surface area (Å²) in [5.41, 5.74) is 11.5. The highest BCUT2D eigenvalue weighted by atomic mass is 16.3. The Labute approximate surface area is 271 Å². The predicted molar refractivity (Wildman–Crippen MR) is 192 cm³/mol. The zero-order valence-electron chi connectivity index (χ0n) is 25.3. The van der Waals surface area contributed by atoms with E-state index in [9.17, 15) is 0 Å². The van der Waals surface area contributed by atoms with Crippen molar-refractivity contribution < 1.29 is 4.42 Å². The average Bonchev–Trinajstić information content (AvgIpc) is 3.55. The number of hydrogen-bond donors (Lipinski definition) is 0. The van der Waals surface area contributed by atoms with E-state index >= 15 is 0 Å². The van der Waals surface area contributed by atoms with Crippen molar-refractivity contribution >= 4 is 32.8 Å². The van der Waals surface area contributed by atoms with Crippen LogP contribution < -0.4 is 0 Å². The van der Waals surface area contributed by atoms with Crippen molar-refractivity contribution in [2.75, 3.05) is 0 Å². The Kier molecular flexibility index (Phi) is 6.43. The molecule has 0 saturated heterocycles. The highest BCUT2D eigenvalue weighted by molar-refractivity contribution is 6.21. The minimum absolute atomic E-state index is 0.693. The second-order valence-electron chi connectivity index (χ2n) is 11.6. The Hall–Kier alpha value is -6.39. The summed E-state index contributed by atoms with van der Waals surface area (Å²) in [7, 11) is 0. The first-order valence-corrected chi connectivity index (χ1v) is 15.7. The summed E-state index contributed by atoms with van der Waals surface area (Å²) in [6, 6.07) is 56.1. The summed E-state index contributed by atoms with van der Waals surface area (Å²) in [5, 5.41) is 3.26. The molecule has 9 aromatic rings. The van der Waals surface area contributed by atoms with Gasteiger partial charge in [-0.25, -0.2) is 15.0 Å². The summed E-state index contributed by atoms with van der Waals surface area (Å²) >= 11 is 0.